The van der Waals surface area contributed by atoms with Crippen LogP contribution in [0.3, 0.4) is 0 Å². The number of halogens is 3. The maximum Gasteiger partial charge on any atom is 0.332 e. The van der Waals surface area contributed by atoms with Gasteiger partial charge in [-0.25, -0.2) is 4.79 Å². The number of aliphatic hydroxyl groups excluding tert-OH is 1. The summed E-state index contributed by atoms with van der Waals surface area (Å²) in [6.45, 7) is 5.58. The summed E-state index contributed by atoms with van der Waals surface area (Å²) in [5, 5.41) is 10.2. The summed E-state index contributed by atoms with van der Waals surface area (Å²) in [6, 6.07) is 4.80. The second kappa shape index (κ2) is 11.1. The maximum absolute atomic E-state index is 13.4. The third-order valence-corrected chi connectivity index (χ3v) is 5.89. The summed E-state index contributed by atoms with van der Waals surface area (Å²) in [4.78, 5) is 30.6. The van der Waals surface area contributed by atoms with Crippen LogP contribution in [0, 0.1) is 0 Å². The van der Waals surface area contributed by atoms with Gasteiger partial charge in [0.2, 0.25) is 0 Å². The Labute approximate surface area is 210 Å². The first-order valence-corrected chi connectivity index (χ1v) is 11.4. The van der Waals surface area contributed by atoms with Crippen molar-refractivity contribution in [2.24, 2.45) is 7.05 Å². The molecule has 180 valence electrons. The van der Waals surface area contributed by atoms with Gasteiger partial charge in [0.1, 0.15) is 5.75 Å². The fraction of sp³-hybridized carbons (Fsp3) is 0.261. The van der Waals surface area contributed by atoms with Crippen molar-refractivity contribution >= 4 is 46.0 Å². The predicted molar refractivity (Wildman–Crippen MR) is 135 cm³/mol. The molecule has 34 heavy (non-hydrogen) atoms. The summed E-state index contributed by atoms with van der Waals surface area (Å²) in [5.74, 6) is 0.350. The minimum Gasteiger partial charge on any atom is -0.425 e. The van der Waals surface area contributed by atoms with E-state index >= 15 is 0 Å². The van der Waals surface area contributed by atoms with E-state index in [2.05, 4.69) is 11.6 Å². The monoisotopic (exact) mass is 524 g/mol. The molecule has 0 aliphatic rings. The number of nitrogens with zero attached hydrogens (tertiary/aromatic N) is 4. The number of imidazole rings is 1. The van der Waals surface area contributed by atoms with Gasteiger partial charge in [0.05, 0.1) is 16.6 Å². The van der Waals surface area contributed by atoms with Crippen molar-refractivity contribution in [2.45, 2.75) is 26.4 Å². The van der Waals surface area contributed by atoms with E-state index in [0.717, 1.165) is 10.1 Å². The quantitative estimate of drug-likeness (QED) is 0.411. The summed E-state index contributed by atoms with van der Waals surface area (Å²) in [7, 11) is 1.52. The molecule has 0 saturated heterocycles. The zero-order valence-corrected chi connectivity index (χ0v) is 20.9. The third kappa shape index (κ3) is 5.47. The number of aromatic nitrogens is 4. The molecule has 2 heterocycles. The van der Waals surface area contributed by atoms with Gasteiger partial charge in [-0.15, -0.1) is 0 Å². The van der Waals surface area contributed by atoms with Gasteiger partial charge >= 0.3 is 11.7 Å². The highest BCUT2D eigenvalue weighted by Crippen LogP contribution is 2.30. The summed E-state index contributed by atoms with van der Waals surface area (Å²) >= 11 is 18.0. The SMILES string of the molecule is C=C(Cl)/C=C\C(=C/C)Cn1c(Oc2ccc(Cl)c(Cl)c2)nc2c1c(=O)n(CCCO)c(=O)n2C. The van der Waals surface area contributed by atoms with Gasteiger partial charge < -0.3 is 9.84 Å². The van der Waals surface area contributed by atoms with Crippen LogP contribution >= 0.6 is 34.8 Å². The highest BCUT2D eigenvalue weighted by molar-refractivity contribution is 6.42. The van der Waals surface area contributed by atoms with Gasteiger partial charge in [0.25, 0.3) is 5.56 Å². The molecule has 0 spiro atoms. The molecule has 0 unspecified atom stereocenters. The average Bonchev–Trinajstić information content (AvgIpc) is 3.15. The van der Waals surface area contributed by atoms with Gasteiger partial charge in [-0.2, -0.15) is 4.98 Å². The lowest BCUT2D eigenvalue weighted by Gasteiger charge is -2.12. The Morgan fingerprint density at radius 2 is 1.94 bits per heavy atom. The Morgan fingerprint density at radius 1 is 1.21 bits per heavy atom. The van der Waals surface area contributed by atoms with Gasteiger partial charge in [0.15, 0.2) is 11.2 Å². The van der Waals surface area contributed by atoms with Crippen molar-refractivity contribution < 1.29 is 9.84 Å². The molecule has 0 aliphatic heterocycles. The van der Waals surface area contributed by atoms with Crippen molar-refractivity contribution in [3.63, 3.8) is 0 Å². The average molecular weight is 526 g/mol. The van der Waals surface area contributed by atoms with Crippen LogP contribution < -0.4 is 16.0 Å². The van der Waals surface area contributed by atoms with Crippen LogP contribution in [0.25, 0.3) is 11.2 Å². The molecule has 3 aromatic rings. The van der Waals surface area contributed by atoms with Crippen LogP contribution in [0.15, 0.2) is 63.2 Å². The number of aliphatic hydroxyl groups is 1. The van der Waals surface area contributed by atoms with E-state index in [1.807, 2.05) is 13.0 Å². The van der Waals surface area contributed by atoms with Crippen LogP contribution in [-0.4, -0.2) is 30.4 Å². The second-order valence-electron chi connectivity index (χ2n) is 7.35. The Hall–Kier alpha value is -2.78. The zero-order valence-electron chi connectivity index (χ0n) is 18.6. The predicted octanol–water partition coefficient (Wildman–Crippen LogP) is 4.63. The van der Waals surface area contributed by atoms with E-state index in [1.54, 1.807) is 28.9 Å². The molecule has 1 aromatic carbocycles. The fourth-order valence-corrected chi connectivity index (χ4v) is 3.62. The lowest BCUT2D eigenvalue weighted by atomic mass is 10.2. The van der Waals surface area contributed by atoms with Crippen LogP contribution in [0.1, 0.15) is 13.3 Å². The third-order valence-electron chi connectivity index (χ3n) is 5.03. The van der Waals surface area contributed by atoms with E-state index in [0.29, 0.717) is 20.8 Å². The number of hydrogen-bond acceptors (Lipinski definition) is 5. The molecule has 8 nitrogen and oxygen atoms in total. The van der Waals surface area contributed by atoms with Crippen molar-refractivity contribution in [3.8, 4) is 11.8 Å². The smallest absolute Gasteiger partial charge is 0.332 e. The number of aryl methyl sites for hydroxylation is 1. The zero-order chi connectivity index (χ0) is 25.0. The lowest BCUT2D eigenvalue weighted by Crippen LogP contribution is -2.39. The molecule has 0 bridgehead atoms. The summed E-state index contributed by atoms with van der Waals surface area (Å²) < 4.78 is 9.91. The molecule has 0 fully saturated rings. The Bertz CT molecular complexity index is 1420. The standard InChI is InChI=1S/C23H23Cl3N4O4/c1-4-15(7-6-14(2)24)13-30-19-20(28(3)23(33)29(21(19)32)10-5-11-31)27-22(30)34-16-8-9-17(25)18(26)12-16/h4,6-9,12,31H,2,5,10-11,13H2,1,3H3/b7-6-,15-4+. The molecular formula is C23H23Cl3N4O4. The van der Waals surface area contributed by atoms with Gasteiger partial charge in [0, 0.05) is 31.3 Å². The molecule has 3 rings (SSSR count). The van der Waals surface area contributed by atoms with E-state index in [4.69, 9.17) is 39.5 Å². The molecule has 0 radical (unpaired) electrons. The maximum atomic E-state index is 13.4. The minimum absolute atomic E-state index is 0.0640. The molecule has 0 amide bonds. The first-order chi connectivity index (χ1) is 16.2. The molecule has 2 aromatic heterocycles. The van der Waals surface area contributed by atoms with Gasteiger partial charge in [-0.1, -0.05) is 53.5 Å². The van der Waals surface area contributed by atoms with Crippen LogP contribution in [-0.2, 0) is 20.1 Å². The topological polar surface area (TPSA) is 91.3 Å². The fourth-order valence-electron chi connectivity index (χ4n) is 3.27. The Kier molecular flexibility index (Phi) is 8.43. The van der Waals surface area contributed by atoms with Crippen molar-refractivity contribution in [1.82, 2.24) is 18.7 Å². The van der Waals surface area contributed by atoms with Crippen molar-refractivity contribution in [2.75, 3.05) is 6.61 Å². The molecule has 0 atom stereocenters. The highest BCUT2D eigenvalue weighted by atomic mass is 35.5. The van der Waals surface area contributed by atoms with E-state index in [9.17, 15) is 14.7 Å². The van der Waals surface area contributed by atoms with Gasteiger partial charge in [-0.3, -0.25) is 18.5 Å². The minimum atomic E-state index is -0.540. The molecule has 1 N–H and O–H groups in total. The van der Waals surface area contributed by atoms with E-state index < -0.39 is 11.2 Å². The second-order valence-corrected chi connectivity index (χ2v) is 8.65. The molecular weight excluding hydrogens is 503 g/mol. The summed E-state index contributed by atoms with van der Waals surface area (Å²) in [6.07, 6.45) is 5.49. The molecule has 0 saturated carbocycles. The summed E-state index contributed by atoms with van der Waals surface area (Å²) in [5.41, 5.74) is 0.0415. The lowest BCUT2D eigenvalue weighted by molar-refractivity contribution is 0.277. The number of hydrogen-bond donors (Lipinski definition) is 1. The molecule has 11 heteroatoms. The normalized spacial score (nSPS) is 12.1. The van der Waals surface area contributed by atoms with Crippen LogP contribution in [0.2, 0.25) is 10.0 Å². The van der Waals surface area contributed by atoms with Crippen LogP contribution in [0.4, 0.5) is 0 Å². The number of benzene rings is 1. The first-order valence-electron chi connectivity index (χ1n) is 10.3. The number of fused-ring (bicyclic) bond motifs is 1. The largest absolute Gasteiger partial charge is 0.425 e. The number of ether oxygens (including phenoxy) is 1. The first kappa shape index (κ1) is 25.8. The van der Waals surface area contributed by atoms with Gasteiger partial charge in [-0.05, 0) is 37.1 Å². The Balaban J connectivity index is 2.25. The number of rotatable bonds is 9. The van der Waals surface area contributed by atoms with E-state index in [1.165, 1.54) is 17.7 Å². The number of allylic oxidation sites excluding steroid dienone is 5. The van der Waals surface area contributed by atoms with Crippen LogP contribution in [0.5, 0.6) is 11.8 Å². The van der Waals surface area contributed by atoms with Crippen molar-refractivity contribution in [3.05, 3.63) is 84.5 Å². The van der Waals surface area contributed by atoms with Crippen molar-refractivity contribution in [1.29, 1.82) is 0 Å². The van der Waals surface area contributed by atoms with E-state index in [-0.39, 0.29) is 43.3 Å². The molecule has 0 aliphatic carbocycles. The highest BCUT2D eigenvalue weighted by Gasteiger charge is 2.22. The Morgan fingerprint density at radius 3 is 2.56 bits per heavy atom.